The number of aryl methyl sites for hydroxylation is 1. The van der Waals surface area contributed by atoms with E-state index in [-0.39, 0.29) is 32.6 Å². The van der Waals surface area contributed by atoms with E-state index in [0.29, 0.717) is 12.0 Å². The van der Waals surface area contributed by atoms with Gasteiger partial charge in [0.15, 0.2) is 0 Å². The van der Waals surface area contributed by atoms with Gasteiger partial charge in [-0.2, -0.15) is 13.2 Å². The molecule has 4 N–H and O–H groups in total. The number of alkyl halides is 3. The van der Waals surface area contributed by atoms with E-state index in [1.54, 1.807) is 19.2 Å². The molecule has 1 fully saturated rings. The summed E-state index contributed by atoms with van der Waals surface area (Å²) in [7, 11) is -2.31. The maximum absolute atomic E-state index is 12.8. The number of aromatic nitrogens is 1. The van der Waals surface area contributed by atoms with Crippen molar-refractivity contribution in [2.45, 2.75) is 35.7 Å². The zero-order valence-electron chi connectivity index (χ0n) is 18.7. The van der Waals surface area contributed by atoms with Gasteiger partial charge >= 0.3 is 12.3 Å². The van der Waals surface area contributed by atoms with Gasteiger partial charge in [0.05, 0.1) is 4.88 Å². The number of amides is 1. The number of carbonyl (C=O) groups excluding carboxylic acids is 1. The first-order valence-corrected chi connectivity index (χ1v) is 12.4. The fourth-order valence-corrected chi connectivity index (χ4v) is 6.00. The van der Waals surface area contributed by atoms with Crippen molar-refractivity contribution in [2.24, 2.45) is 0 Å². The number of carboxylic acid groups (broad SMARTS) is 2. The predicted octanol–water partition coefficient (Wildman–Crippen LogP) is 4.15. The van der Waals surface area contributed by atoms with E-state index in [2.05, 4.69) is 19.7 Å². The topological polar surface area (TPSA) is 159 Å². The lowest BCUT2D eigenvalue weighted by molar-refractivity contribution is -0.155. The third-order valence-electron chi connectivity index (χ3n) is 5.14. The Kier molecular flexibility index (Phi) is 7.76. The van der Waals surface area contributed by atoms with Crippen molar-refractivity contribution in [2.75, 3.05) is 7.05 Å². The van der Waals surface area contributed by atoms with Gasteiger partial charge in [-0.05, 0) is 48.7 Å². The summed E-state index contributed by atoms with van der Waals surface area (Å²) in [5.74, 6) is -1.47. The summed E-state index contributed by atoms with van der Waals surface area (Å²) in [6.07, 6.45) is -5.90. The number of nitrogens with one attached hydrogen (secondary N) is 2. The van der Waals surface area contributed by atoms with Gasteiger partial charge in [0.25, 0.3) is 5.91 Å². The molecule has 194 valence electrons. The summed E-state index contributed by atoms with van der Waals surface area (Å²) in [6, 6.07) is 8.43. The Balaban J connectivity index is 0.000000840. The Morgan fingerprint density at radius 1 is 1.17 bits per heavy atom. The van der Waals surface area contributed by atoms with E-state index in [0.717, 1.165) is 28.5 Å². The number of sulfonamides is 1. The fraction of sp³-hybridized carbons (Fsp3) is 0.286. The summed E-state index contributed by atoms with van der Waals surface area (Å²) in [4.78, 5) is 20.6. The molecule has 36 heavy (non-hydrogen) atoms. The lowest BCUT2D eigenvalue weighted by Crippen LogP contribution is -2.26. The van der Waals surface area contributed by atoms with Gasteiger partial charge in [-0.3, -0.25) is 4.79 Å². The second kappa shape index (κ2) is 10.3. The van der Waals surface area contributed by atoms with Gasteiger partial charge in [0, 0.05) is 30.6 Å². The minimum atomic E-state index is -4.67. The van der Waals surface area contributed by atoms with Gasteiger partial charge in [-0.15, -0.1) is 11.3 Å². The smallest absolute Gasteiger partial charge is 0.450 e. The first-order valence-electron chi connectivity index (χ1n) is 10.1. The highest BCUT2D eigenvalue weighted by Crippen LogP contribution is 2.44. The van der Waals surface area contributed by atoms with Crippen LogP contribution in [-0.2, 0) is 16.2 Å². The van der Waals surface area contributed by atoms with Crippen molar-refractivity contribution in [3.63, 3.8) is 0 Å². The molecule has 1 aromatic carbocycles. The predicted molar refractivity (Wildman–Crippen MR) is 122 cm³/mol. The zero-order chi connectivity index (χ0) is 26.8. The van der Waals surface area contributed by atoms with Gasteiger partial charge < -0.3 is 20.1 Å². The zero-order valence-corrected chi connectivity index (χ0v) is 20.3. The van der Waals surface area contributed by atoms with E-state index >= 15 is 0 Å². The van der Waals surface area contributed by atoms with Crippen LogP contribution in [0.1, 0.15) is 39.6 Å². The van der Waals surface area contributed by atoms with E-state index in [1.165, 1.54) is 12.1 Å². The highest BCUT2D eigenvalue weighted by Gasteiger charge is 2.42. The van der Waals surface area contributed by atoms with Crippen molar-refractivity contribution >= 4 is 33.4 Å². The van der Waals surface area contributed by atoms with Crippen LogP contribution >= 0.6 is 11.3 Å². The number of carbonyl (C=O) groups is 2. The summed E-state index contributed by atoms with van der Waals surface area (Å²) < 4.78 is 70.5. The Bertz CT molecular complexity index is 1380. The molecule has 0 aliphatic heterocycles. The highest BCUT2D eigenvalue weighted by molar-refractivity contribution is 7.91. The van der Waals surface area contributed by atoms with Crippen LogP contribution in [0.3, 0.4) is 0 Å². The van der Waals surface area contributed by atoms with Crippen LogP contribution in [-0.4, -0.2) is 48.9 Å². The van der Waals surface area contributed by atoms with Gasteiger partial charge in [-0.25, -0.2) is 17.9 Å². The number of hydrogen-bond acceptors (Lipinski definition) is 7. The second-order valence-electron chi connectivity index (χ2n) is 7.70. The van der Waals surface area contributed by atoms with Crippen molar-refractivity contribution < 1.29 is 45.9 Å². The van der Waals surface area contributed by atoms with Crippen molar-refractivity contribution in [1.82, 2.24) is 15.2 Å². The molecule has 0 bridgehead atoms. The first kappa shape index (κ1) is 27.2. The van der Waals surface area contributed by atoms with Crippen LogP contribution in [0, 0.1) is 6.92 Å². The molecule has 2 aromatic heterocycles. The van der Waals surface area contributed by atoms with E-state index in [9.17, 15) is 26.4 Å². The molecule has 15 heteroatoms. The van der Waals surface area contributed by atoms with Crippen LogP contribution in [0.25, 0.3) is 10.6 Å². The quantitative estimate of drug-likeness (QED) is 0.358. The average Bonchev–Trinajstić information content (AvgIpc) is 3.19. The molecule has 2 atom stereocenters. The van der Waals surface area contributed by atoms with Crippen LogP contribution in [0.4, 0.5) is 18.0 Å². The first-order chi connectivity index (χ1) is 16.7. The number of hydrogen-bond donors (Lipinski definition) is 4. The molecule has 1 saturated carbocycles. The number of thiophene rings is 1. The van der Waals surface area contributed by atoms with Crippen LogP contribution < -0.4 is 10.0 Å². The third-order valence-corrected chi connectivity index (χ3v) is 8.23. The standard InChI is InChI=1S/C20H18F3N3O4S2.CH2O3/c1-10-7-11(19(27)24-2)3-4-12(10)13-8-14(13)26-32(28,29)18-6-5-16(31-18)15-9-17(30-25-15)20(21,22)23;2-1(3)4/h3-7,9,13-14,26H,8H2,1-2H3,(H,24,27);(H2,2,3,4)/t13-,14+;/m0./s1. The van der Waals surface area contributed by atoms with E-state index in [4.69, 9.17) is 15.0 Å². The molecule has 4 rings (SSSR count). The maximum atomic E-state index is 12.8. The highest BCUT2D eigenvalue weighted by atomic mass is 32.2. The Morgan fingerprint density at radius 2 is 1.83 bits per heavy atom. The second-order valence-corrected chi connectivity index (χ2v) is 10.7. The fourth-order valence-electron chi connectivity index (χ4n) is 3.43. The molecule has 1 aliphatic rings. The molecule has 0 radical (unpaired) electrons. The minimum absolute atomic E-state index is 0.0205. The van der Waals surface area contributed by atoms with E-state index < -0.39 is 28.1 Å². The van der Waals surface area contributed by atoms with Crippen molar-refractivity contribution in [3.8, 4) is 10.6 Å². The monoisotopic (exact) mass is 547 g/mol. The molecule has 1 aliphatic carbocycles. The van der Waals surface area contributed by atoms with Crippen molar-refractivity contribution in [3.05, 3.63) is 58.8 Å². The van der Waals surface area contributed by atoms with Crippen molar-refractivity contribution in [1.29, 1.82) is 0 Å². The lowest BCUT2D eigenvalue weighted by Gasteiger charge is -2.09. The largest absolute Gasteiger partial charge is 0.503 e. The molecule has 0 spiro atoms. The minimum Gasteiger partial charge on any atom is -0.450 e. The van der Waals surface area contributed by atoms with Gasteiger partial charge in [0.1, 0.15) is 9.90 Å². The van der Waals surface area contributed by atoms with Crippen LogP contribution in [0.15, 0.2) is 45.1 Å². The lowest BCUT2D eigenvalue weighted by atomic mass is 10.0. The molecule has 3 aromatic rings. The summed E-state index contributed by atoms with van der Waals surface area (Å²) in [5.41, 5.74) is 2.29. The molecular formula is C21H20F3N3O7S2. The number of nitrogens with zero attached hydrogens (tertiary/aromatic N) is 1. The summed E-state index contributed by atoms with van der Waals surface area (Å²) in [6.45, 7) is 1.87. The average molecular weight is 548 g/mol. The number of rotatable bonds is 6. The molecule has 1 amide bonds. The normalized spacial score (nSPS) is 17.1. The van der Waals surface area contributed by atoms with Crippen LogP contribution in [0.5, 0.6) is 0 Å². The SMILES string of the molecule is CNC(=O)c1ccc([C@@H]2C[C@H]2NS(=O)(=O)c2ccc(-c3cc(C(F)(F)F)on3)s2)c(C)c1.O=C(O)O. The number of halogens is 3. The summed E-state index contributed by atoms with van der Waals surface area (Å²) >= 11 is 0.810. The third kappa shape index (κ3) is 6.41. The Morgan fingerprint density at radius 3 is 2.39 bits per heavy atom. The van der Waals surface area contributed by atoms with Crippen LogP contribution in [0.2, 0.25) is 0 Å². The maximum Gasteiger partial charge on any atom is 0.503 e. The van der Waals surface area contributed by atoms with Gasteiger partial charge in [0.2, 0.25) is 15.8 Å². The molecule has 0 unspecified atom stereocenters. The molecule has 0 saturated heterocycles. The Hall–Kier alpha value is -3.43. The molecule has 2 heterocycles. The molecular weight excluding hydrogens is 527 g/mol. The van der Waals surface area contributed by atoms with E-state index in [1.807, 2.05) is 13.0 Å². The molecule has 10 nitrogen and oxygen atoms in total. The Labute approximate surface area is 206 Å². The van der Waals surface area contributed by atoms with Gasteiger partial charge in [-0.1, -0.05) is 11.2 Å². The number of benzene rings is 1. The summed E-state index contributed by atoms with van der Waals surface area (Å²) in [5, 5.41) is 19.9.